The standard InChI is InChI=1S/C12H19BrN2S/c1-9-6-14-11(15-7-9)16-8-10(5-13)12(2,3)4/h6-7,10H,5,8H2,1-4H3. The van der Waals surface area contributed by atoms with Gasteiger partial charge in [-0.05, 0) is 23.8 Å². The van der Waals surface area contributed by atoms with Crippen LogP contribution in [0.2, 0.25) is 0 Å². The molecule has 0 amide bonds. The van der Waals surface area contributed by atoms with Crippen LogP contribution in [0.5, 0.6) is 0 Å². The van der Waals surface area contributed by atoms with E-state index in [1.165, 1.54) is 0 Å². The molecule has 1 heterocycles. The maximum Gasteiger partial charge on any atom is 0.187 e. The number of aromatic nitrogens is 2. The molecule has 1 atom stereocenters. The molecule has 0 aliphatic rings. The fourth-order valence-corrected chi connectivity index (χ4v) is 3.88. The van der Waals surface area contributed by atoms with Crippen LogP contribution in [0.15, 0.2) is 17.6 Å². The molecule has 0 fully saturated rings. The molecule has 2 nitrogen and oxygen atoms in total. The van der Waals surface area contributed by atoms with Gasteiger partial charge in [-0.25, -0.2) is 9.97 Å². The van der Waals surface area contributed by atoms with Crippen molar-refractivity contribution >= 4 is 27.7 Å². The molecular formula is C12H19BrN2S. The molecular weight excluding hydrogens is 284 g/mol. The first-order chi connectivity index (χ1) is 7.43. The molecule has 0 aliphatic carbocycles. The zero-order valence-corrected chi connectivity index (χ0v) is 12.7. The van der Waals surface area contributed by atoms with Crippen molar-refractivity contribution in [3.05, 3.63) is 18.0 Å². The largest absolute Gasteiger partial charge is 0.231 e. The second-order valence-corrected chi connectivity index (χ2v) is 6.71. The summed E-state index contributed by atoms with van der Waals surface area (Å²) in [5, 5.41) is 1.90. The summed E-state index contributed by atoms with van der Waals surface area (Å²) in [6, 6.07) is 0. The van der Waals surface area contributed by atoms with Crippen LogP contribution in [0.4, 0.5) is 0 Å². The predicted octanol–water partition coefficient (Wildman–Crippen LogP) is 3.93. The van der Waals surface area contributed by atoms with E-state index >= 15 is 0 Å². The van der Waals surface area contributed by atoms with Gasteiger partial charge in [-0.3, -0.25) is 0 Å². The first kappa shape index (κ1) is 14.0. The van der Waals surface area contributed by atoms with Crippen LogP contribution < -0.4 is 0 Å². The van der Waals surface area contributed by atoms with Crippen molar-refractivity contribution < 1.29 is 0 Å². The molecule has 1 unspecified atom stereocenters. The molecule has 0 aliphatic heterocycles. The topological polar surface area (TPSA) is 25.8 Å². The van der Waals surface area contributed by atoms with Crippen molar-refractivity contribution in [1.82, 2.24) is 9.97 Å². The summed E-state index contributed by atoms with van der Waals surface area (Å²) in [6.07, 6.45) is 3.74. The Kier molecular flexibility index (Phi) is 5.25. The highest BCUT2D eigenvalue weighted by atomic mass is 79.9. The third kappa shape index (κ3) is 4.42. The Bertz CT molecular complexity index is 319. The molecule has 0 spiro atoms. The minimum absolute atomic E-state index is 0.321. The van der Waals surface area contributed by atoms with E-state index in [0.717, 1.165) is 21.8 Å². The van der Waals surface area contributed by atoms with Crippen molar-refractivity contribution in [3.63, 3.8) is 0 Å². The van der Waals surface area contributed by atoms with Crippen molar-refractivity contribution in [3.8, 4) is 0 Å². The summed E-state index contributed by atoms with van der Waals surface area (Å²) in [7, 11) is 0. The first-order valence-corrected chi connectivity index (χ1v) is 7.51. The van der Waals surface area contributed by atoms with Gasteiger partial charge >= 0.3 is 0 Å². The molecule has 0 radical (unpaired) electrons. The summed E-state index contributed by atoms with van der Waals surface area (Å²) in [5.41, 5.74) is 1.43. The van der Waals surface area contributed by atoms with Crippen LogP contribution in [0.25, 0.3) is 0 Å². The van der Waals surface area contributed by atoms with Gasteiger partial charge in [-0.2, -0.15) is 0 Å². The molecule has 4 heteroatoms. The van der Waals surface area contributed by atoms with E-state index in [1.807, 2.05) is 19.3 Å². The van der Waals surface area contributed by atoms with Gasteiger partial charge in [0.25, 0.3) is 0 Å². The molecule has 1 aromatic rings. The summed E-state index contributed by atoms with van der Waals surface area (Å²) in [6.45, 7) is 8.82. The van der Waals surface area contributed by atoms with E-state index in [2.05, 4.69) is 46.7 Å². The molecule has 1 aromatic heterocycles. The van der Waals surface area contributed by atoms with Crippen molar-refractivity contribution in [2.45, 2.75) is 32.9 Å². The smallest absolute Gasteiger partial charge is 0.187 e. The van der Waals surface area contributed by atoms with Gasteiger partial charge in [0.15, 0.2) is 5.16 Å². The number of nitrogens with zero attached hydrogens (tertiary/aromatic N) is 2. The quantitative estimate of drug-likeness (QED) is 0.479. The van der Waals surface area contributed by atoms with Crippen LogP contribution in [0, 0.1) is 18.3 Å². The maximum absolute atomic E-state index is 4.30. The Balaban J connectivity index is 2.53. The van der Waals surface area contributed by atoms with Crippen LogP contribution in [-0.4, -0.2) is 21.1 Å². The zero-order chi connectivity index (χ0) is 12.2. The second kappa shape index (κ2) is 6.01. The number of aryl methyl sites for hydroxylation is 1. The number of halogens is 1. The molecule has 0 bridgehead atoms. The summed E-state index contributed by atoms with van der Waals surface area (Å²) >= 11 is 5.32. The maximum atomic E-state index is 4.30. The average Bonchev–Trinajstić information content (AvgIpc) is 2.19. The predicted molar refractivity (Wildman–Crippen MR) is 74.2 cm³/mol. The van der Waals surface area contributed by atoms with Crippen LogP contribution in [-0.2, 0) is 0 Å². The van der Waals surface area contributed by atoms with Gasteiger partial charge in [-0.15, -0.1) is 0 Å². The van der Waals surface area contributed by atoms with E-state index < -0.39 is 0 Å². The second-order valence-electron chi connectivity index (χ2n) is 5.07. The van der Waals surface area contributed by atoms with E-state index in [4.69, 9.17) is 0 Å². The molecule has 0 saturated carbocycles. The van der Waals surface area contributed by atoms with Gasteiger partial charge in [-0.1, -0.05) is 48.5 Å². The van der Waals surface area contributed by atoms with E-state index in [-0.39, 0.29) is 0 Å². The van der Waals surface area contributed by atoms with Crippen molar-refractivity contribution in [2.75, 3.05) is 11.1 Å². The number of hydrogen-bond donors (Lipinski definition) is 0. The fraction of sp³-hybridized carbons (Fsp3) is 0.667. The van der Waals surface area contributed by atoms with Gasteiger partial charge in [0.2, 0.25) is 0 Å². The Morgan fingerprint density at radius 3 is 2.31 bits per heavy atom. The molecule has 0 aromatic carbocycles. The lowest BCUT2D eigenvalue weighted by Crippen LogP contribution is -2.24. The Hall–Kier alpha value is -0.0900. The first-order valence-electron chi connectivity index (χ1n) is 5.41. The Morgan fingerprint density at radius 2 is 1.88 bits per heavy atom. The minimum atomic E-state index is 0.321. The molecule has 0 N–H and O–H groups in total. The molecule has 0 saturated heterocycles. The van der Waals surface area contributed by atoms with Crippen LogP contribution in [0.3, 0.4) is 0 Å². The van der Waals surface area contributed by atoms with Crippen LogP contribution >= 0.6 is 27.7 Å². The average molecular weight is 303 g/mol. The number of alkyl halides is 1. The monoisotopic (exact) mass is 302 g/mol. The van der Waals surface area contributed by atoms with E-state index in [1.54, 1.807) is 11.8 Å². The third-order valence-corrected chi connectivity index (χ3v) is 4.40. The number of hydrogen-bond acceptors (Lipinski definition) is 3. The summed E-state index contributed by atoms with van der Waals surface area (Å²) < 4.78 is 0. The van der Waals surface area contributed by atoms with Crippen LogP contribution in [0.1, 0.15) is 26.3 Å². The fourth-order valence-electron chi connectivity index (χ4n) is 1.16. The SMILES string of the molecule is Cc1cnc(SCC(CBr)C(C)(C)C)nc1. The van der Waals surface area contributed by atoms with E-state index in [9.17, 15) is 0 Å². The lowest BCUT2D eigenvalue weighted by molar-refractivity contribution is 0.295. The highest BCUT2D eigenvalue weighted by Crippen LogP contribution is 2.31. The van der Waals surface area contributed by atoms with E-state index in [0.29, 0.717) is 11.3 Å². The zero-order valence-electron chi connectivity index (χ0n) is 10.3. The van der Waals surface area contributed by atoms with Gasteiger partial charge < -0.3 is 0 Å². The number of thioether (sulfide) groups is 1. The summed E-state index contributed by atoms with van der Waals surface area (Å²) in [5.74, 6) is 1.68. The molecule has 16 heavy (non-hydrogen) atoms. The molecule has 1 rings (SSSR count). The third-order valence-electron chi connectivity index (χ3n) is 2.58. The van der Waals surface area contributed by atoms with Crippen molar-refractivity contribution in [1.29, 1.82) is 0 Å². The highest BCUT2D eigenvalue weighted by molar-refractivity contribution is 9.09. The highest BCUT2D eigenvalue weighted by Gasteiger charge is 2.23. The summed E-state index contributed by atoms with van der Waals surface area (Å²) in [4.78, 5) is 8.61. The van der Waals surface area contributed by atoms with Gasteiger partial charge in [0, 0.05) is 23.5 Å². The minimum Gasteiger partial charge on any atom is -0.231 e. The van der Waals surface area contributed by atoms with Crippen molar-refractivity contribution in [2.24, 2.45) is 11.3 Å². The Morgan fingerprint density at radius 1 is 1.31 bits per heavy atom. The lowest BCUT2D eigenvalue weighted by atomic mass is 9.83. The molecule has 90 valence electrons. The van der Waals surface area contributed by atoms with Gasteiger partial charge in [0.1, 0.15) is 0 Å². The number of rotatable bonds is 4. The van der Waals surface area contributed by atoms with Gasteiger partial charge in [0.05, 0.1) is 0 Å². The normalized spacial score (nSPS) is 13.8. The Labute approximate surface area is 111 Å². The lowest BCUT2D eigenvalue weighted by Gasteiger charge is -2.28.